The lowest BCUT2D eigenvalue weighted by molar-refractivity contribution is -0.0439. The van der Waals surface area contributed by atoms with Gasteiger partial charge in [-0.05, 0) is 38.6 Å². The maximum Gasteiger partial charge on any atom is 0.254 e. The van der Waals surface area contributed by atoms with Gasteiger partial charge in [-0.15, -0.1) is 11.3 Å². The van der Waals surface area contributed by atoms with Gasteiger partial charge in [0.25, 0.3) is 5.91 Å². The number of rotatable bonds is 7. The van der Waals surface area contributed by atoms with Crippen LogP contribution in [-0.2, 0) is 6.54 Å². The summed E-state index contributed by atoms with van der Waals surface area (Å²) in [4.78, 5) is 23.0. The first-order chi connectivity index (χ1) is 16.8. The van der Waals surface area contributed by atoms with Gasteiger partial charge >= 0.3 is 0 Å². The van der Waals surface area contributed by atoms with Crippen molar-refractivity contribution in [1.82, 2.24) is 14.8 Å². The first kappa shape index (κ1) is 23.6. The second-order valence-corrected chi connectivity index (χ2v) is 10.4. The summed E-state index contributed by atoms with van der Waals surface area (Å²) in [6, 6.07) is 14.0. The zero-order valence-corrected chi connectivity index (χ0v) is 21.4. The Kier molecular flexibility index (Phi) is 6.42. The molecule has 3 aromatic rings. The standard InChI is InChI=1S/C27H31N3O4S/c1-27(2)33-23-14-19(13-22(32-4)24(23)34-27)26(31)30(16-21-11-8-12-29(21)3)15-20-17-35-25(28-20)18-9-6-5-7-10-18/h5-7,9-10,13-14,17,21H,8,11-12,15-16H2,1-4H3/t21-/m0/s1. The van der Waals surface area contributed by atoms with Gasteiger partial charge in [0.1, 0.15) is 5.01 Å². The summed E-state index contributed by atoms with van der Waals surface area (Å²) in [7, 11) is 3.70. The van der Waals surface area contributed by atoms with Crippen molar-refractivity contribution in [3.05, 3.63) is 59.1 Å². The third-order valence-electron chi connectivity index (χ3n) is 6.51. The van der Waals surface area contributed by atoms with Crippen molar-refractivity contribution in [2.45, 2.75) is 45.1 Å². The summed E-state index contributed by atoms with van der Waals surface area (Å²) in [5.74, 6) is 0.667. The average molecular weight is 494 g/mol. The Bertz CT molecular complexity index is 1210. The van der Waals surface area contributed by atoms with E-state index in [1.165, 1.54) is 0 Å². The predicted octanol–water partition coefficient (Wildman–Crippen LogP) is 5.06. The van der Waals surface area contributed by atoms with Crippen molar-refractivity contribution in [3.63, 3.8) is 0 Å². The lowest BCUT2D eigenvalue weighted by Crippen LogP contribution is -2.41. The lowest BCUT2D eigenvalue weighted by Gasteiger charge is -2.29. The second kappa shape index (κ2) is 9.51. The molecule has 1 fully saturated rings. The SMILES string of the molecule is COc1cc(C(=O)N(Cc2csc(-c3ccccc3)n2)C[C@@H]2CCCN2C)cc2c1OC(C)(C)O2. The van der Waals surface area contributed by atoms with Gasteiger partial charge in [0.2, 0.25) is 11.5 Å². The molecule has 0 unspecified atom stereocenters. The van der Waals surface area contributed by atoms with Crippen LogP contribution >= 0.6 is 11.3 Å². The minimum atomic E-state index is -0.808. The molecule has 0 N–H and O–H groups in total. The van der Waals surface area contributed by atoms with Crippen molar-refractivity contribution >= 4 is 17.2 Å². The fraction of sp³-hybridized carbons (Fsp3) is 0.407. The minimum absolute atomic E-state index is 0.0750. The van der Waals surface area contributed by atoms with Crippen LogP contribution in [0.25, 0.3) is 10.6 Å². The highest BCUT2D eigenvalue weighted by Crippen LogP contribution is 2.46. The van der Waals surface area contributed by atoms with Gasteiger partial charge in [-0.3, -0.25) is 4.79 Å². The van der Waals surface area contributed by atoms with E-state index in [-0.39, 0.29) is 5.91 Å². The Morgan fingerprint density at radius 3 is 2.77 bits per heavy atom. The Balaban J connectivity index is 1.44. The summed E-state index contributed by atoms with van der Waals surface area (Å²) < 4.78 is 17.4. The van der Waals surface area contributed by atoms with Crippen LogP contribution in [0.1, 0.15) is 42.7 Å². The number of amides is 1. The van der Waals surface area contributed by atoms with Crippen LogP contribution in [0.15, 0.2) is 47.8 Å². The van der Waals surface area contributed by atoms with E-state index in [1.807, 2.05) is 42.3 Å². The molecule has 0 saturated carbocycles. The maximum atomic E-state index is 13.9. The summed E-state index contributed by atoms with van der Waals surface area (Å²) in [6.45, 7) is 5.80. The molecule has 7 nitrogen and oxygen atoms in total. The Morgan fingerprint density at radius 1 is 1.26 bits per heavy atom. The number of nitrogens with zero attached hydrogens (tertiary/aromatic N) is 3. The molecule has 184 valence electrons. The second-order valence-electron chi connectivity index (χ2n) is 9.58. The van der Waals surface area contributed by atoms with E-state index in [2.05, 4.69) is 24.1 Å². The molecule has 35 heavy (non-hydrogen) atoms. The van der Waals surface area contributed by atoms with Crippen molar-refractivity contribution in [3.8, 4) is 27.8 Å². The number of benzene rings is 2. The topological polar surface area (TPSA) is 64.1 Å². The number of fused-ring (bicyclic) bond motifs is 1. The zero-order valence-electron chi connectivity index (χ0n) is 20.6. The van der Waals surface area contributed by atoms with Crippen molar-refractivity contribution in [2.75, 3.05) is 27.2 Å². The first-order valence-electron chi connectivity index (χ1n) is 11.9. The molecule has 0 radical (unpaired) electrons. The van der Waals surface area contributed by atoms with E-state index in [1.54, 1.807) is 30.6 Å². The van der Waals surface area contributed by atoms with Crippen LogP contribution in [0.5, 0.6) is 17.2 Å². The molecule has 1 saturated heterocycles. The maximum absolute atomic E-state index is 13.9. The van der Waals surface area contributed by atoms with E-state index in [0.29, 0.717) is 41.9 Å². The highest BCUT2D eigenvalue weighted by Gasteiger charge is 2.36. The molecule has 0 aliphatic carbocycles. The number of thiazole rings is 1. The third-order valence-corrected chi connectivity index (χ3v) is 7.45. The summed E-state index contributed by atoms with van der Waals surface area (Å²) in [5.41, 5.74) is 2.48. The fourth-order valence-corrected chi connectivity index (χ4v) is 5.53. The monoisotopic (exact) mass is 493 g/mol. The molecule has 3 heterocycles. The lowest BCUT2D eigenvalue weighted by atomic mass is 10.1. The Labute approximate surface area is 210 Å². The quantitative estimate of drug-likeness (QED) is 0.458. The van der Waals surface area contributed by atoms with Gasteiger partial charge < -0.3 is 24.0 Å². The van der Waals surface area contributed by atoms with Gasteiger partial charge in [-0.2, -0.15) is 0 Å². The molecule has 0 bridgehead atoms. The number of methoxy groups -OCH3 is 1. The number of ether oxygens (including phenoxy) is 3. The number of hydrogen-bond acceptors (Lipinski definition) is 7. The number of likely N-dealkylation sites (tertiary alicyclic amines) is 1. The van der Waals surface area contributed by atoms with Crippen LogP contribution in [0.4, 0.5) is 0 Å². The third kappa shape index (κ3) is 4.99. The van der Waals surface area contributed by atoms with Crippen LogP contribution in [-0.4, -0.2) is 59.8 Å². The van der Waals surface area contributed by atoms with E-state index >= 15 is 0 Å². The number of hydrogen-bond donors (Lipinski definition) is 0. The molecule has 1 aromatic heterocycles. The molecular formula is C27H31N3O4S. The van der Waals surface area contributed by atoms with Crippen LogP contribution in [0.2, 0.25) is 0 Å². The zero-order chi connectivity index (χ0) is 24.6. The van der Waals surface area contributed by atoms with Crippen molar-refractivity contribution < 1.29 is 19.0 Å². The van der Waals surface area contributed by atoms with Gasteiger partial charge in [-0.25, -0.2) is 4.98 Å². The normalized spacial score (nSPS) is 18.6. The predicted molar refractivity (Wildman–Crippen MR) is 136 cm³/mol. The van der Waals surface area contributed by atoms with Crippen molar-refractivity contribution in [2.24, 2.45) is 0 Å². The van der Waals surface area contributed by atoms with Gasteiger partial charge in [0.15, 0.2) is 11.5 Å². The molecule has 2 aliphatic heterocycles. The summed E-state index contributed by atoms with van der Waals surface area (Å²) in [6.07, 6.45) is 2.22. The summed E-state index contributed by atoms with van der Waals surface area (Å²) in [5, 5.41) is 3.00. The molecule has 1 atom stereocenters. The molecule has 0 spiro atoms. The largest absolute Gasteiger partial charge is 0.493 e. The number of likely N-dealkylation sites (N-methyl/N-ethyl adjacent to an activating group) is 1. The van der Waals surface area contributed by atoms with Gasteiger partial charge in [0.05, 0.1) is 19.3 Å². The summed E-state index contributed by atoms with van der Waals surface area (Å²) >= 11 is 1.60. The molecule has 5 rings (SSSR count). The number of carbonyl (C=O) groups is 1. The van der Waals surface area contributed by atoms with E-state index < -0.39 is 5.79 Å². The van der Waals surface area contributed by atoms with E-state index in [0.717, 1.165) is 35.7 Å². The van der Waals surface area contributed by atoms with Crippen LogP contribution in [0.3, 0.4) is 0 Å². The minimum Gasteiger partial charge on any atom is -0.493 e. The molecular weight excluding hydrogens is 462 g/mol. The Morgan fingerprint density at radius 2 is 2.06 bits per heavy atom. The molecule has 8 heteroatoms. The fourth-order valence-electron chi connectivity index (χ4n) is 4.71. The van der Waals surface area contributed by atoms with Crippen LogP contribution < -0.4 is 14.2 Å². The number of carbonyl (C=O) groups excluding carboxylic acids is 1. The first-order valence-corrected chi connectivity index (χ1v) is 12.8. The number of aromatic nitrogens is 1. The molecule has 2 aliphatic rings. The highest BCUT2D eigenvalue weighted by molar-refractivity contribution is 7.13. The molecule has 2 aromatic carbocycles. The highest BCUT2D eigenvalue weighted by atomic mass is 32.1. The van der Waals surface area contributed by atoms with Crippen molar-refractivity contribution in [1.29, 1.82) is 0 Å². The van der Waals surface area contributed by atoms with E-state index in [9.17, 15) is 4.79 Å². The Hall–Kier alpha value is -3.10. The smallest absolute Gasteiger partial charge is 0.254 e. The van der Waals surface area contributed by atoms with Crippen LogP contribution in [0, 0.1) is 0 Å². The molecule has 1 amide bonds. The van der Waals surface area contributed by atoms with Gasteiger partial charge in [-0.1, -0.05) is 30.3 Å². The van der Waals surface area contributed by atoms with E-state index in [4.69, 9.17) is 19.2 Å². The average Bonchev–Trinajstić information content (AvgIpc) is 3.56. The van der Waals surface area contributed by atoms with Gasteiger partial charge in [0, 0.05) is 42.9 Å².